The van der Waals surface area contributed by atoms with Crippen LogP contribution in [0, 0.1) is 31.6 Å². The van der Waals surface area contributed by atoms with E-state index in [4.69, 9.17) is 0 Å². The topological polar surface area (TPSA) is 50.2 Å². The van der Waals surface area contributed by atoms with Crippen LogP contribution < -0.4 is 5.32 Å². The van der Waals surface area contributed by atoms with Crippen molar-refractivity contribution >= 4 is 5.91 Å². The van der Waals surface area contributed by atoms with Crippen molar-refractivity contribution in [3.05, 3.63) is 17.0 Å². The van der Waals surface area contributed by atoms with E-state index in [1.165, 1.54) is 0 Å². The molecular formula is C17H28N4O. The van der Waals surface area contributed by atoms with E-state index in [2.05, 4.69) is 40.8 Å². The second-order valence-electron chi connectivity index (χ2n) is 7.38. The molecule has 0 saturated carbocycles. The third-order valence-electron chi connectivity index (χ3n) is 5.14. The van der Waals surface area contributed by atoms with Gasteiger partial charge < -0.3 is 10.2 Å². The first-order chi connectivity index (χ1) is 10.5. The number of rotatable bonds is 4. The summed E-state index contributed by atoms with van der Waals surface area (Å²) in [7, 11) is 0. The Morgan fingerprint density at radius 1 is 1.27 bits per heavy atom. The van der Waals surface area contributed by atoms with E-state index in [1.54, 1.807) is 0 Å². The van der Waals surface area contributed by atoms with Gasteiger partial charge in [0, 0.05) is 44.0 Å². The number of aromatic nitrogens is 2. The highest BCUT2D eigenvalue weighted by Crippen LogP contribution is 2.27. The lowest BCUT2D eigenvalue weighted by Crippen LogP contribution is -2.33. The lowest BCUT2D eigenvalue weighted by molar-refractivity contribution is -0.129. The molecular weight excluding hydrogens is 276 g/mol. The van der Waals surface area contributed by atoms with Gasteiger partial charge in [-0.3, -0.25) is 9.48 Å². The first kappa shape index (κ1) is 15.5. The van der Waals surface area contributed by atoms with Crippen molar-refractivity contribution in [2.45, 2.75) is 40.7 Å². The van der Waals surface area contributed by atoms with Crippen molar-refractivity contribution in [1.29, 1.82) is 0 Å². The van der Waals surface area contributed by atoms with Crippen LogP contribution >= 0.6 is 0 Å². The molecule has 122 valence electrons. The lowest BCUT2D eigenvalue weighted by atomic mass is 10.0. The van der Waals surface area contributed by atoms with E-state index >= 15 is 0 Å². The zero-order valence-corrected chi connectivity index (χ0v) is 14.2. The maximum atomic E-state index is 12.7. The molecule has 0 aromatic carbocycles. The predicted octanol–water partition coefficient (Wildman–Crippen LogP) is 1.38. The van der Waals surface area contributed by atoms with Gasteiger partial charge in [-0.2, -0.15) is 5.10 Å². The fourth-order valence-electron chi connectivity index (χ4n) is 3.84. The molecule has 1 aromatic heterocycles. The quantitative estimate of drug-likeness (QED) is 0.914. The molecule has 1 N–H and O–H groups in total. The molecule has 5 heteroatoms. The van der Waals surface area contributed by atoms with Gasteiger partial charge in [0.1, 0.15) is 0 Å². The Hall–Kier alpha value is -1.36. The van der Waals surface area contributed by atoms with Crippen molar-refractivity contribution in [1.82, 2.24) is 20.0 Å². The standard InChI is InChI=1S/C17H28N4O/c1-11(2)8-21-13(4)16(12(3)19-21)5-17(22)20-9-14-6-18-7-15(14)10-20/h11,14-15,18H,5-10H2,1-4H3/t14-,15+. The highest BCUT2D eigenvalue weighted by atomic mass is 16.2. The number of nitrogens with one attached hydrogen (secondary N) is 1. The predicted molar refractivity (Wildman–Crippen MR) is 86.7 cm³/mol. The molecule has 2 atom stereocenters. The van der Waals surface area contributed by atoms with E-state index in [1.807, 2.05) is 6.92 Å². The van der Waals surface area contributed by atoms with Crippen LogP contribution in [-0.4, -0.2) is 46.8 Å². The lowest BCUT2D eigenvalue weighted by Gasteiger charge is -2.17. The fourth-order valence-corrected chi connectivity index (χ4v) is 3.84. The Morgan fingerprint density at radius 3 is 2.50 bits per heavy atom. The smallest absolute Gasteiger partial charge is 0.227 e. The molecule has 1 amide bonds. The number of amides is 1. The summed E-state index contributed by atoms with van der Waals surface area (Å²) in [4.78, 5) is 14.7. The third kappa shape index (κ3) is 2.91. The molecule has 3 rings (SSSR count). The Kier molecular flexibility index (Phi) is 4.26. The van der Waals surface area contributed by atoms with Gasteiger partial charge in [-0.1, -0.05) is 13.8 Å². The highest BCUT2D eigenvalue weighted by Gasteiger charge is 2.38. The number of likely N-dealkylation sites (tertiary alicyclic amines) is 1. The minimum Gasteiger partial charge on any atom is -0.342 e. The zero-order valence-electron chi connectivity index (χ0n) is 14.2. The van der Waals surface area contributed by atoms with Gasteiger partial charge in [0.05, 0.1) is 12.1 Å². The molecule has 2 saturated heterocycles. The Labute approximate surface area is 133 Å². The normalized spacial score (nSPS) is 24.3. The number of carbonyl (C=O) groups excluding carboxylic acids is 1. The van der Waals surface area contributed by atoms with Crippen LogP contribution in [0.4, 0.5) is 0 Å². The third-order valence-corrected chi connectivity index (χ3v) is 5.14. The minimum absolute atomic E-state index is 0.268. The van der Waals surface area contributed by atoms with Crippen LogP contribution in [0.15, 0.2) is 0 Å². The number of fused-ring (bicyclic) bond motifs is 1. The number of carbonyl (C=O) groups is 1. The van der Waals surface area contributed by atoms with Gasteiger partial charge in [-0.15, -0.1) is 0 Å². The number of aryl methyl sites for hydroxylation is 1. The van der Waals surface area contributed by atoms with Crippen LogP contribution in [0.1, 0.15) is 30.8 Å². The van der Waals surface area contributed by atoms with Crippen LogP contribution in [0.5, 0.6) is 0 Å². The van der Waals surface area contributed by atoms with Crippen molar-refractivity contribution in [2.75, 3.05) is 26.2 Å². The molecule has 0 aliphatic carbocycles. The van der Waals surface area contributed by atoms with Gasteiger partial charge in [0.25, 0.3) is 0 Å². The average Bonchev–Trinajstić information content (AvgIpc) is 3.08. The van der Waals surface area contributed by atoms with E-state index in [-0.39, 0.29) is 5.91 Å². The van der Waals surface area contributed by atoms with E-state index in [0.29, 0.717) is 24.2 Å². The summed E-state index contributed by atoms with van der Waals surface area (Å²) < 4.78 is 2.06. The Morgan fingerprint density at radius 2 is 1.91 bits per heavy atom. The molecule has 0 radical (unpaired) electrons. The number of hydrogen-bond acceptors (Lipinski definition) is 3. The van der Waals surface area contributed by atoms with E-state index in [9.17, 15) is 4.79 Å². The fraction of sp³-hybridized carbons (Fsp3) is 0.765. The summed E-state index contributed by atoms with van der Waals surface area (Å²) in [6.07, 6.45) is 0.503. The largest absolute Gasteiger partial charge is 0.342 e. The molecule has 2 aliphatic rings. The molecule has 0 bridgehead atoms. The summed E-state index contributed by atoms with van der Waals surface area (Å²) in [5, 5.41) is 8.05. The Balaban J connectivity index is 1.68. The van der Waals surface area contributed by atoms with Crippen molar-refractivity contribution in [3.8, 4) is 0 Å². The van der Waals surface area contributed by atoms with E-state index in [0.717, 1.165) is 49.7 Å². The molecule has 2 fully saturated rings. The average molecular weight is 304 g/mol. The summed E-state index contributed by atoms with van der Waals surface area (Å²) >= 11 is 0. The summed E-state index contributed by atoms with van der Waals surface area (Å²) in [5.41, 5.74) is 3.29. The van der Waals surface area contributed by atoms with E-state index < -0.39 is 0 Å². The summed E-state index contributed by atoms with van der Waals surface area (Å²) in [5.74, 6) is 2.15. The SMILES string of the molecule is Cc1nn(CC(C)C)c(C)c1CC(=O)N1C[C@H]2CNC[C@H]2C1. The molecule has 3 heterocycles. The molecule has 22 heavy (non-hydrogen) atoms. The summed E-state index contributed by atoms with van der Waals surface area (Å²) in [6, 6.07) is 0. The molecule has 5 nitrogen and oxygen atoms in total. The second-order valence-corrected chi connectivity index (χ2v) is 7.38. The van der Waals surface area contributed by atoms with Gasteiger partial charge in [0.15, 0.2) is 0 Å². The molecule has 1 aromatic rings. The van der Waals surface area contributed by atoms with Crippen molar-refractivity contribution in [3.63, 3.8) is 0 Å². The second kappa shape index (κ2) is 6.03. The van der Waals surface area contributed by atoms with Crippen LogP contribution in [0.3, 0.4) is 0 Å². The van der Waals surface area contributed by atoms with Gasteiger partial charge in [-0.05, 0) is 31.6 Å². The molecule has 2 aliphatic heterocycles. The van der Waals surface area contributed by atoms with Crippen LogP contribution in [0.25, 0.3) is 0 Å². The summed E-state index contributed by atoms with van der Waals surface area (Å²) in [6.45, 7) is 13.4. The van der Waals surface area contributed by atoms with Crippen LogP contribution in [-0.2, 0) is 17.8 Å². The molecule has 0 spiro atoms. The minimum atomic E-state index is 0.268. The number of nitrogens with zero attached hydrogens (tertiary/aromatic N) is 3. The first-order valence-electron chi connectivity index (χ1n) is 8.47. The monoisotopic (exact) mass is 304 g/mol. The van der Waals surface area contributed by atoms with Gasteiger partial charge in [-0.25, -0.2) is 0 Å². The van der Waals surface area contributed by atoms with Crippen molar-refractivity contribution < 1.29 is 4.79 Å². The van der Waals surface area contributed by atoms with Crippen LogP contribution in [0.2, 0.25) is 0 Å². The van der Waals surface area contributed by atoms with Gasteiger partial charge >= 0.3 is 0 Å². The first-order valence-corrected chi connectivity index (χ1v) is 8.47. The zero-order chi connectivity index (χ0) is 15.9. The maximum absolute atomic E-state index is 12.7. The van der Waals surface area contributed by atoms with Gasteiger partial charge in [0.2, 0.25) is 5.91 Å². The highest BCUT2D eigenvalue weighted by molar-refractivity contribution is 5.79. The number of hydrogen-bond donors (Lipinski definition) is 1. The maximum Gasteiger partial charge on any atom is 0.227 e. The van der Waals surface area contributed by atoms with Crippen molar-refractivity contribution in [2.24, 2.45) is 17.8 Å². The molecule has 0 unspecified atom stereocenters. The Bertz CT molecular complexity index is 551.